The van der Waals surface area contributed by atoms with Gasteiger partial charge in [0, 0.05) is 12.7 Å². The first-order valence-corrected chi connectivity index (χ1v) is 7.69. The van der Waals surface area contributed by atoms with Crippen molar-refractivity contribution in [3.8, 4) is 6.07 Å². The minimum atomic E-state index is -3.61. The van der Waals surface area contributed by atoms with Crippen LogP contribution < -0.4 is 10.5 Å². The third-order valence-electron chi connectivity index (χ3n) is 2.88. The Kier molecular flexibility index (Phi) is 4.26. The third-order valence-corrected chi connectivity index (χ3v) is 4.50. The molecule has 0 radical (unpaired) electrons. The van der Waals surface area contributed by atoms with Gasteiger partial charge in [-0.05, 0) is 30.7 Å². The van der Waals surface area contributed by atoms with Gasteiger partial charge in [-0.3, -0.25) is 4.68 Å². The average Bonchev–Trinajstić information content (AvgIpc) is 2.83. The molecular formula is C13H15N5O2S. The molecule has 0 bridgehead atoms. The van der Waals surface area contributed by atoms with Gasteiger partial charge in [-0.1, -0.05) is 0 Å². The van der Waals surface area contributed by atoms with Gasteiger partial charge in [0.25, 0.3) is 0 Å². The summed E-state index contributed by atoms with van der Waals surface area (Å²) in [5.74, 6) is 0. The number of aromatic nitrogens is 2. The lowest BCUT2D eigenvalue weighted by Crippen LogP contribution is -2.28. The number of benzene rings is 1. The van der Waals surface area contributed by atoms with Crippen molar-refractivity contribution in [1.29, 1.82) is 5.26 Å². The van der Waals surface area contributed by atoms with Crippen LogP contribution in [0.1, 0.15) is 11.1 Å². The predicted molar refractivity (Wildman–Crippen MR) is 77.7 cm³/mol. The lowest BCUT2D eigenvalue weighted by Gasteiger charge is -2.09. The molecule has 2 aromatic rings. The van der Waals surface area contributed by atoms with E-state index in [1.807, 2.05) is 6.07 Å². The van der Waals surface area contributed by atoms with E-state index in [-0.39, 0.29) is 11.4 Å². The topological polar surface area (TPSA) is 114 Å². The Balaban J connectivity index is 2.06. The van der Waals surface area contributed by atoms with E-state index in [4.69, 9.17) is 11.0 Å². The van der Waals surface area contributed by atoms with Gasteiger partial charge in [0.2, 0.25) is 10.0 Å². The Hall–Kier alpha value is -2.37. The molecule has 8 heteroatoms. The normalized spacial score (nSPS) is 11.2. The van der Waals surface area contributed by atoms with Gasteiger partial charge in [-0.25, -0.2) is 13.1 Å². The number of nitriles is 1. The van der Waals surface area contributed by atoms with Crippen LogP contribution >= 0.6 is 0 Å². The standard InChI is InChI=1S/C13H15N5O2S/c1-10-6-11(7-14)2-3-13(10)21(19,20)17-4-5-18-9-12(15)8-16-18/h2-3,6,8-9,17H,4-5,15H2,1H3. The molecule has 0 fully saturated rings. The van der Waals surface area contributed by atoms with Crippen molar-refractivity contribution in [3.63, 3.8) is 0 Å². The fourth-order valence-electron chi connectivity index (χ4n) is 1.89. The molecule has 0 saturated heterocycles. The van der Waals surface area contributed by atoms with Crippen LogP contribution in [0, 0.1) is 18.3 Å². The summed E-state index contributed by atoms with van der Waals surface area (Å²) >= 11 is 0. The number of nitrogens with one attached hydrogen (secondary N) is 1. The maximum absolute atomic E-state index is 12.2. The molecule has 2 rings (SSSR count). The monoisotopic (exact) mass is 305 g/mol. The highest BCUT2D eigenvalue weighted by molar-refractivity contribution is 7.89. The molecule has 0 saturated carbocycles. The minimum absolute atomic E-state index is 0.168. The van der Waals surface area contributed by atoms with Gasteiger partial charge in [-0.2, -0.15) is 10.4 Å². The zero-order chi connectivity index (χ0) is 15.5. The molecule has 1 aromatic heterocycles. The van der Waals surface area contributed by atoms with Crippen molar-refractivity contribution < 1.29 is 8.42 Å². The summed E-state index contributed by atoms with van der Waals surface area (Å²) in [7, 11) is -3.61. The molecule has 21 heavy (non-hydrogen) atoms. The summed E-state index contributed by atoms with van der Waals surface area (Å²) in [6.45, 7) is 2.23. The molecule has 7 nitrogen and oxygen atoms in total. The lowest BCUT2D eigenvalue weighted by molar-refractivity contribution is 0.560. The van der Waals surface area contributed by atoms with Gasteiger partial charge >= 0.3 is 0 Å². The van der Waals surface area contributed by atoms with E-state index < -0.39 is 10.0 Å². The van der Waals surface area contributed by atoms with E-state index in [1.165, 1.54) is 18.3 Å². The number of hydrogen-bond donors (Lipinski definition) is 2. The molecule has 0 amide bonds. The minimum Gasteiger partial charge on any atom is -0.396 e. The van der Waals surface area contributed by atoms with Crippen molar-refractivity contribution in [2.45, 2.75) is 18.4 Å². The van der Waals surface area contributed by atoms with Gasteiger partial charge in [0.15, 0.2) is 0 Å². The first-order chi connectivity index (χ1) is 9.92. The number of hydrogen-bond acceptors (Lipinski definition) is 5. The van der Waals surface area contributed by atoms with E-state index in [9.17, 15) is 8.42 Å². The zero-order valence-corrected chi connectivity index (χ0v) is 12.3. The quantitative estimate of drug-likeness (QED) is 0.840. The molecular weight excluding hydrogens is 290 g/mol. The number of nitrogen functional groups attached to an aromatic ring is 1. The molecule has 0 aliphatic heterocycles. The summed E-state index contributed by atoms with van der Waals surface area (Å²) < 4.78 is 28.5. The van der Waals surface area contributed by atoms with E-state index in [0.29, 0.717) is 23.4 Å². The molecule has 1 heterocycles. The van der Waals surface area contributed by atoms with Crippen molar-refractivity contribution >= 4 is 15.7 Å². The number of rotatable bonds is 5. The predicted octanol–water partition coefficient (Wildman–Crippen LogP) is 0.624. The third kappa shape index (κ3) is 3.59. The molecule has 1 aromatic carbocycles. The lowest BCUT2D eigenvalue weighted by atomic mass is 10.2. The molecule has 0 aliphatic carbocycles. The number of nitrogens with two attached hydrogens (primary N) is 1. The Labute approximate surface area is 123 Å². The summed E-state index contributed by atoms with van der Waals surface area (Å²) in [5.41, 5.74) is 7.02. The smallest absolute Gasteiger partial charge is 0.240 e. The largest absolute Gasteiger partial charge is 0.396 e. The number of nitrogens with zero attached hydrogens (tertiary/aromatic N) is 3. The second-order valence-electron chi connectivity index (χ2n) is 4.53. The van der Waals surface area contributed by atoms with Gasteiger partial charge in [-0.15, -0.1) is 0 Å². The van der Waals surface area contributed by atoms with Crippen molar-refractivity contribution in [3.05, 3.63) is 41.7 Å². The van der Waals surface area contributed by atoms with E-state index in [2.05, 4.69) is 9.82 Å². The summed E-state index contributed by atoms with van der Waals surface area (Å²) in [6.07, 6.45) is 3.13. The SMILES string of the molecule is Cc1cc(C#N)ccc1S(=O)(=O)NCCn1cc(N)cn1. The van der Waals surface area contributed by atoms with Gasteiger partial charge in [0.1, 0.15) is 0 Å². The van der Waals surface area contributed by atoms with Gasteiger partial charge < -0.3 is 5.73 Å². The highest BCUT2D eigenvalue weighted by Gasteiger charge is 2.16. The van der Waals surface area contributed by atoms with Crippen LogP contribution in [0.3, 0.4) is 0 Å². The second kappa shape index (κ2) is 5.95. The zero-order valence-electron chi connectivity index (χ0n) is 11.4. The number of sulfonamides is 1. The van der Waals surface area contributed by atoms with Crippen molar-refractivity contribution in [1.82, 2.24) is 14.5 Å². The molecule has 0 atom stereocenters. The van der Waals surface area contributed by atoms with E-state index >= 15 is 0 Å². The van der Waals surface area contributed by atoms with Crippen molar-refractivity contribution in [2.75, 3.05) is 12.3 Å². The Morgan fingerprint density at radius 3 is 2.81 bits per heavy atom. The summed E-state index contributed by atoms with van der Waals surface area (Å²) in [4.78, 5) is 0.168. The Morgan fingerprint density at radius 1 is 1.48 bits per heavy atom. The van der Waals surface area contributed by atoms with Crippen molar-refractivity contribution in [2.24, 2.45) is 0 Å². The van der Waals surface area contributed by atoms with Crippen LogP contribution in [0.4, 0.5) is 5.69 Å². The molecule has 0 spiro atoms. The first-order valence-electron chi connectivity index (χ1n) is 6.21. The fourth-order valence-corrected chi connectivity index (χ4v) is 3.14. The van der Waals surface area contributed by atoms with Crippen LogP contribution in [0.2, 0.25) is 0 Å². The van der Waals surface area contributed by atoms with Gasteiger partial charge in [0.05, 0.1) is 35.0 Å². The first kappa shape index (κ1) is 15.0. The molecule has 3 N–H and O–H groups in total. The maximum Gasteiger partial charge on any atom is 0.240 e. The maximum atomic E-state index is 12.2. The second-order valence-corrected chi connectivity index (χ2v) is 6.26. The summed E-state index contributed by atoms with van der Waals surface area (Å²) in [5, 5.41) is 12.8. The Morgan fingerprint density at radius 2 is 2.24 bits per heavy atom. The Bertz CT molecular complexity index is 789. The van der Waals surface area contributed by atoms with Crippen LogP contribution in [-0.2, 0) is 16.6 Å². The van der Waals surface area contributed by atoms with Crippen LogP contribution in [-0.4, -0.2) is 24.7 Å². The average molecular weight is 305 g/mol. The highest BCUT2D eigenvalue weighted by Crippen LogP contribution is 2.16. The number of aryl methyl sites for hydroxylation is 1. The van der Waals surface area contributed by atoms with Crippen LogP contribution in [0.15, 0.2) is 35.5 Å². The number of anilines is 1. The van der Waals surface area contributed by atoms with Crippen LogP contribution in [0.25, 0.3) is 0 Å². The van der Waals surface area contributed by atoms with E-state index in [0.717, 1.165) is 0 Å². The molecule has 0 aliphatic rings. The van der Waals surface area contributed by atoms with Crippen LogP contribution in [0.5, 0.6) is 0 Å². The molecule has 0 unspecified atom stereocenters. The van der Waals surface area contributed by atoms with E-state index in [1.54, 1.807) is 23.9 Å². The molecule has 110 valence electrons. The summed E-state index contributed by atoms with van der Waals surface area (Å²) in [6, 6.07) is 6.43. The fraction of sp³-hybridized carbons (Fsp3) is 0.231. The highest BCUT2D eigenvalue weighted by atomic mass is 32.2.